The number of unbranched alkanes of at least 4 members (excludes halogenated alkanes) is 3. The molecule has 0 saturated heterocycles. The smallest absolute Gasteiger partial charge is 0.333 e. The molecule has 0 bridgehead atoms. The van der Waals surface area contributed by atoms with Crippen molar-refractivity contribution in [1.29, 1.82) is 0 Å². The molecule has 4 nitrogen and oxygen atoms in total. The summed E-state index contributed by atoms with van der Waals surface area (Å²) in [6.45, 7) is 5.46. The lowest BCUT2D eigenvalue weighted by atomic mass is 10.1. The van der Waals surface area contributed by atoms with Gasteiger partial charge in [0.1, 0.15) is 0 Å². The second-order valence-corrected chi connectivity index (χ2v) is 3.47. The molecule has 0 atom stereocenters. The molecule has 0 unspecified atom stereocenters. The summed E-state index contributed by atoms with van der Waals surface area (Å²) in [5.41, 5.74) is 0.404. The summed E-state index contributed by atoms with van der Waals surface area (Å²) >= 11 is 0. The first kappa shape index (κ1) is 13.7. The SMILES string of the molecule is C=C(C)C(=O)OCCCCCCC(=O)O. The molecular formula is C11H18O4. The molecule has 0 aromatic carbocycles. The van der Waals surface area contributed by atoms with Gasteiger partial charge in [-0.2, -0.15) is 0 Å². The zero-order chi connectivity index (χ0) is 11.7. The minimum Gasteiger partial charge on any atom is -0.481 e. The molecule has 0 radical (unpaired) electrons. The van der Waals surface area contributed by atoms with Crippen LogP contribution in [0.2, 0.25) is 0 Å². The van der Waals surface area contributed by atoms with Crippen molar-refractivity contribution in [3.05, 3.63) is 12.2 Å². The van der Waals surface area contributed by atoms with Gasteiger partial charge < -0.3 is 9.84 Å². The van der Waals surface area contributed by atoms with Crippen LogP contribution in [0, 0.1) is 0 Å². The monoisotopic (exact) mass is 214 g/mol. The summed E-state index contributed by atoms with van der Waals surface area (Å²) in [5, 5.41) is 8.37. The molecule has 0 amide bonds. The van der Waals surface area contributed by atoms with Crippen LogP contribution >= 0.6 is 0 Å². The van der Waals surface area contributed by atoms with Crippen LogP contribution in [0.1, 0.15) is 39.0 Å². The van der Waals surface area contributed by atoms with E-state index in [0.717, 1.165) is 19.3 Å². The van der Waals surface area contributed by atoms with Crippen LogP contribution in [0.5, 0.6) is 0 Å². The van der Waals surface area contributed by atoms with E-state index in [1.807, 2.05) is 0 Å². The molecule has 0 aliphatic rings. The molecule has 1 N–H and O–H groups in total. The van der Waals surface area contributed by atoms with Gasteiger partial charge in [-0.05, 0) is 19.8 Å². The Morgan fingerprint density at radius 3 is 2.33 bits per heavy atom. The van der Waals surface area contributed by atoms with Gasteiger partial charge in [-0.3, -0.25) is 4.79 Å². The number of carboxylic acids is 1. The van der Waals surface area contributed by atoms with Crippen LogP contribution in [0.25, 0.3) is 0 Å². The molecule has 0 aliphatic heterocycles. The molecule has 0 heterocycles. The third kappa shape index (κ3) is 9.00. The van der Waals surface area contributed by atoms with Gasteiger partial charge in [-0.25, -0.2) is 4.79 Å². The Labute approximate surface area is 89.9 Å². The summed E-state index contributed by atoms with van der Waals surface area (Å²) in [6, 6.07) is 0. The Hall–Kier alpha value is -1.32. The van der Waals surface area contributed by atoms with E-state index in [9.17, 15) is 9.59 Å². The molecule has 0 rings (SSSR count). The van der Waals surface area contributed by atoms with E-state index in [0.29, 0.717) is 18.6 Å². The lowest BCUT2D eigenvalue weighted by molar-refractivity contribution is -0.139. The van der Waals surface area contributed by atoms with Crippen LogP contribution in [0.3, 0.4) is 0 Å². The molecule has 0 fully saturated rings. The molecule has 0 aromatic heterocycles. The van der Waals surface area contributed by atoms with E-state index >= 15 is 0 Å². The van der Waals surface area contributed by atoms with Gasteiger partial charge in [0.05, 0.1) is 6.61 Å². The Balaban J connectivity index is 3.22. The number of carboxylic acid groups (broad SMARTS) is 1. The van der Waals surface area contributed by atoms with Crippen LogP contribution in [-0.2, 0) is 14.3 Å². The van der Waals surface area contributed by atoms with E-state index < -0.39 is 5.97 Å². The summed E-state index contributed by atoms with van der Waals surface area (Å²) in [6.07, 6.45) is 3.42. The Morgan fingerprint density at radius 2 is 1.80 bits per heavy atom. The Kier molecular flexibility index (Phi) is 7.32. The summed E-state index contributed by atoms with van der Waals surface area (Å²) in [5.74, 6) is -1.12. The third-order valence-electron chi connectivity index (χ3n) is 1.87. The minimum absolute atomic E-state index is 0.214. The standard InChI is InChI=1S/C11H18O4/c1-9(2)11(14)15-8-6-4-3-5-7-10(12)13/h1,3-8H2,2H3,(H,12,13). The van der Waals surface area contributed by atoms with Crippen molar-refractivity contribution < 1.29 is 19.4 Å². The zero-order valence-corrected chi connectivity index (χ0v) is 9.12. The Morgan fingerprint density at radius 1 is 1.20 bits per heavy atom. The fraction of sp³-hybridized carbons (Fsp3) is 0.636. The average molecular weight is 214 g/mol. The van der Waals surface area contributed by atoms with Crippen LogP contribution in [0.4, 0.5) is 0 Å². The highest BCUT2D eigenvalue weighted by Crippen LogP contribution is 2.03. The van der Waals surface area contributed by atoms with Gasteiger partial charge in [0, 0.05) is 12.0 Å². The van der Waals surface area contributed by atoms with Crippen LogP contribution < -0.4 is 0 Å². The van der Waals surface area contributed by atoms with E-state index in [4.69, 9.17) is 9.84 Å². The van der Waals surface area contributed by atoms with Crippen LogP contribution in [0.15, 0.2) is 12.2 Å². The lowest BCUT2D eigenvalue weighted by Gasteiger charge is -2.03. The second kappa shape index (κ2) is 8.03. The second-order valence-electron chi connectivity index (χ2n) is 3.47. The number of aliphatic carboxylic acids is 1. The highest BCUT2D eigenvalue weighted by atomic mass is 16.5. The zero-order valence-electron chi connectivity index (χ0n) is 9.12. The number of rotatable bonds is 8. The van der Waals surface area contributed by atoms with Crippen molar-refractivity contribution in [3.8, 4) is 0 Å². The van der Waals surface area contributed by atoms with E-state index in [1.54, 1.807) is 6.92 Å². The normalized spacial score (nSPS) is 9.67. The number of carbonyl (C=O) groups excluding carboxylic acids is 1. The van der Waals surface area contributed by atoms with E-state index in [1.165, 1.54) is 0 Å². The molecule has 86 valence electrons. The molecule has 0 spiro atoms. The van der Waals surface area contributed by atoms with Crippen molar-refractivity contribution in [2.75, 3.05) is 6.61 Å². The van der Waals surface area contributed by atoms with Crippen molar-refractivity contribution in [2.24, 2.45) is 0 Å². The summed E-state index contributed by atoms with van der Waals surface area (Å²) < 4.78 is 4.88. The van der Waals surface area contributed by atoms with Gasteiger partial charge in [-0.15, -0.1) is 0 Å². The maximum absolute atomic E-state index is 10.9. The summed E-state index contributed by atoms with van der Waals surface area (Å²) in [7, 11) is 0. The largest absolute Gasteiger partial charge is 0.481 e. The number of hydrogen-bond donors (Lipinski definition) is 1. The van der Waals surface area contributed by atoms with Gasteiger partial charge >= 0.3 is 11.9 Å². The quantitative estimate of drug-likeness (QED) is 0.382. The first-order valence-electron chi connectivity index (χ1n) is 5.08. The summed E-state index contributed by atoms with van der Waals surface area (Å²) in [4.78, 5) is 21.1. The topological polar surface area (TPSA) is 63.6 Å². The highest BCUT2D eigenvalue weighted by molar-refractivity contribution is 5.86. The first-order valence-corrected chi connectivity index (χ1v) is 5.08. The maximum Gasteiger partial charge on any atom is 0.333 e. The fourth-order valence-corrected chi connectivity index (χ4v) is 1.02. The highest BCUT2D eigenvalue weighted by Gasteiger charge is 2.02. The number of esters is 1. The minimum atomic E-state index is -0.760. The van der Waals surface area contributed by atoms with E-state index in [2.05, 4.69) is 6.58 Å². The predicted octanol–water partition coefficient (Wildman–Crippen LogP) is 2.14. The van der Waals surface area contributed by atoms with Crippen molar-refractivity contribution in [3.63, 3.8) is 0 Å². The molecular weight excluding hydrogens is 196 g/mol. The number of carbonyl (C=O) groups is 2. The maximum atomic E-state index is 10.9. The third-order valence-corrected chi connectivity index (χ3v) is 1.87. The van der Waals surface area contributed by atoms with Gasteiger partial charge in [0.25, 0.3) is 0 Å². The van der Waals surface area contributed by atoms with E-state index in [-0.39, 0.29) is 12.4 Å². The fourth-order valence-electron chi connectivity index (χ4n) is 1.02. The average Bonchev–Trinajstić information content (AvgIpc) is 2.15. The molecule has 4 heteroatoms. The van der Waals surface area contributed by atoms with Gasteiger partial charge in [0.15, 0.2) is 0 Å². The van der Waals surface area contributed by atoms with Crippen molar-refractivity contribution in [2.45, 2.75) is 39.0 Å². The number of hydrogen-bond acceptors (Lipinski definition) is 3. The molecule has 15 heavy (non-hydrogen) atoms. The Bertz CT molecular complexity index is 233. The van der Waals surface area contributed by atoms with Gasteiger partial charge in [0.2, 0.25) is 0 Å². The molecule has 0 aliphatic carbocycles. The predicted molar refractivity (Wildman–Crippen MR) is 56.5 cm³/mol. The number of ether oxygens (including phenoxy) is 1. The van der Waals surface area contributed by atoms with Crippen molar-refractivity contribution in [1.82, 2.24) is 0 Å². The molecule has 0 aromatic rings. The van der Waals surface area contributed by atoms with Crippen LogP contribution in [-0.4, -0.2) is 23.7 Å². The van der Waals surface area contributed by atoms with Crippen molar-refractivity contribution >= 4 is 11.9 Å². The van der Waals surface area contributed by atoms with Gasteiger partial charge in [-0.1, -0.05) is 19.4 Å². The first-order chi connectivity index (χ1) is 7.04. The lowest BCUT2D eigenvalue weighted by Crippen LogP contribution is -2.06. The molecule has 0 saturated carbocycles.